The number of anilines is 1. The number of aliphatic hydroxyl groups is 1. The minimum absolute atomic E-state index is 0.0167. The molecule has 2 N–H and O–H groups in total. The summed E-state index contributed by atoms with van der Waals surface area (Å²) in [7, 11) is 1.94. The summed E-state index contributed by atoms with van der Waals surface area (Å²) >= 11 is 3.45. The van der Waals surface area contributed by atoms with Crippen LogP contribution in [0.25, 0.3) is 0 Å². The summed E-state index contributed by atoms with van der Waals surface area (Å²) in [5.74, 6) is 0.505. The molecule has 4 nitrogen and oxygen atoms in total. The molecule has 0 heterocycles. The smallest absolute Gasteiger partial charge is 0.238 e. The van der Waals surface area contributed by atoms with Crippen LogP contribution < -0.4 is 5.32 Å². The summed E-state index contributed by atoms with van der Waals surface area (Å²) in [6.07, 6.45) is 1.58. The Bertz CT molecular complexity index is 487. The third-order valence-corrected chi connectivity index (χ3v) is 4.25. The van der Waals surface area contributed by atoms with Crippen LogP contribution in [0.1, 0.15) is 18.4 Å². The Morgan fingerprint density at radius 2 is 2.20 bits per heavy atom. The maximum atomic E-state index is 12.0. The number of rotatable bonds is 5. The van der Waals surface area contributed by atoms with Crippen molar-refractivity contribution in [3.8, 4) is 0 Å². The Kier molecular flexibility index (Phi) is 5.18. The van der Waals surface area contributed by atoms with E-state index in [1.807, 2.05) is 37.1 Å². The number of amides is 1. The quantitative estimate of drug-likeness (QED) is 0.865. The average molecular weight is 341 g/mol. The van der Waals surface area contributed by atoms with Gasteiger partial charge in [-0.15, -0.1) is 0 Å². The number of hydrogen-bond acceptors (Lipinski definition) is 3. The van der Waals surface area contributed by atoms with Crippen LogP contribution in [-0.2, 0) is 4.79 Å². The predicted octanol–water partition coefficient (Wildman–Crippen LogP) is 2.40. The van der Waals surface area contributed by atoms with Crippen LogP contribution in [0.3, 0.4) is 0 Å². The Hall–Kier alpha value is -0.910. The van der Waals surface area contributed by atoms with Crippen molar-refractivity contribution >= 4 is 27.5 Å². The van der Waals surface area contributed by atoms with E-state index in [1.165, 1.54) is 0 Å². The lowest BCUT2D eigenvalue weighted by Gasteiger charge is -2.34. The molecule has 0 saturated heterocycles. The summed E-state index contributed by atoms with van der Waals surface area (Å²) in [5.41, 5.74) is 1.95. The first kappa shape index (κ1) is 15.5. The van der Waals surface area contributed by atoms with Crippen LogP contribution >= 0.6 is 15.9 Å². The lowest BCUT2D eigenvalue weighted by atomic mass is 9.82. The van der Waals surface area contributed by atoms with Crippen molar-refractivity contribution in [2.24, 2.45) is 5.92 Å². The van der Waals surface area contributed by atoms with Gasteiger partial charge in [0.05, 0.1) is 18.3 Å². The number of hydrogen-bond donors (Lipinski definition) is 2. The topological polar surface area (TPSA) is 52.6 Å². The van der Waals surface area contributed by atoms with Gasteiger partial charge in [-0.25, -0.2) is 0 Å². The van der Waals surface area contributed by atoms with Crippen LogP contribution in [0, 0.1) is 12.8 Å². The molecule has 110 valence electrons. The number of nitrogens with zero attached hydrogens (tertiary/aromatic N) is 1. The van der Waals surface area contributed by atoms with E-state index in [9.17, 15) is 9.90 Å². The van der Waals surface area contributed by atoms with Gasteiger partial charge in [-0.05, 0) is 66.4 Å². The monoisotopic (exact) mass is 340 g/mol. The van der Waals surface area contributed by atoms with Crippen molar-refractivity contribution < 1.29 is 9.90 Å². The normalized spacial score (nSPS) is 21.6. The van der Waals surface area contributed by atoms with E-state index < -0.39 is 0 Å². The molecule has 1 aromatic carbocycles. The lowest BCUT2D eigenvalue weighted by Crippen LogP contribution is -2.39. The molecule has 0 spiro atoms. The molecule has 0 aliphatic heterocycles. The molecule has 0 bridgehead atoms. The van der Waals surface area contributed by atoms with Crippen molar-refractivity contribution in [2.75, 3.05) is 25.5 Å². The summed E-state index contributed by atoms with van der Waals surface area (Å²) in [5, 5.41) is 12.2. The SMILES string of the molecule is Cc1ccc(NC(=O)CN(C)CC2CC(O)C2)c(Br)c1. The third-order valence-electron chi connectivity index (χ3n) is 3.59. The van der Waals surface area contributed by atoms with Crippen LogP contribution in [0.15, 0.2) is 22.7 Å². The number of nitrogens with one attached hydrogen (secondary N) is 1. The van der Waals surface area contributed by atoms with Crippen LogP contribution in [0.2, 0.25) is 0 Å². The molecular formula is C15H21BrN2O2. The van der Waals surface area contributed by atoms with Gasteiger partial charge < -0.3 is 10.4 Å². The molecule has 1 fully saturated rings. The Labute approximate surface area is 128 Å². The Balaban J connectivity index is 1.79. The molecule has 0 unspecified atom stereocenters. The summed E-state index contributed by atoms with van der Waals surface area (Å²) in [6, 6.07) is 5.86. The van der Waals surface area contributed by atoms with E-state index in [4.69, 9.17) is 0 Å². The maximum absolute atomic E-state index is 12.0. The second kappa shape index (κ2) is 6.70. The molecule has 20 heavy (non-hydrogen) atoms. The summed E-state index contributed by atoms with van der Waals surface area (Å²) in [4.78, 5) is 14.0. The summed E-state index contributed by atoms with van der Waals surface area (Å²) in [6.45, 7) is 3.24. The largest absolute Gasteiger partial charge is 0.393 e. The molecule has 2 rings (SSSR count). The van der Waals surface area contributed by atoms with Gasteiger partial charge in [-0.1, -0.05) is 6.07 Å². The van der Waals surface area contributed by atoms with E-state index >= 15 is 0 Å². The van der Waals surface area contributed by atoms with E-state index in [-0.39, 0.29) is 12.0 Å². The highest BCUT2D eigenvalue weighted by Gasteiger charge is 2.28. The minimum Gasteiger partial charge on any atom is -0.393 e. The fourth-order valence-electron chi connectivity index (χ4n) is 2.51. The van der Waals surface area contributed by atoms with Crippen molar-refractivity contribution in [1.82, 2.24) is 4.90 Å². The number of aryl methyl sites for hydroxylation is 1. The fourth-order valence-corrected chi connectivity index (χ4v) is 3.10. The molecule has 1 aromatic rings. The number of aliphatic hydroxyl groups excluding tert-OH is 1. The number of benzene rings is 1. The number of carbonyl (C=O) groups is 1. The van der Waals surface area contributed by atoms with E-state index in [0.717, 1.165) is 35.1 Å². The molecule has 1 amide bonds. The van der Waals surface area contributed by atoms with Crippen molar-refractivity contribution in [1.29, 1.82) is 0 Å². The average Bonchev–Trinajstić information content (AvgIpc) is 2.30. The highest BCUT2D eigenvalue weighted by molar-refractivity contribution is 9.10. The first-order valence-electron chi connectivity index (χ1n) is 6.86. The highest BCUT2D eigenvalue weighted by atomic mass is 79.9. The fraction of sp³-hybridized carbons (Fsp3) is 0.533. The second-order valence-electron chi connectivity index (χ2n) is 5.72. The molecule has 1 aliphatic carbocycles. The number of halogens is 1. The first-order chi connectivity index (χ1) is 9.44. The predicted molar refractivity (Wildman–Crippen MR) is 83.7 cm³/mol. The van der Waals surface area contributed by atoms with Crippen LogP contribution in [0.4, 0.5) is 5.69 Å². The van der Waals surface area contributed by atoms with Gasteiger partial charge in [-0.3, -0.25) is 9.69 Å². The van der Waals surface area contributed by atoms with Crippen LogP contribution in [-0.4, -0.2) is 42.2 Å². The van der Waals surface area contributed by atoms with Gasteiger partial charge in [0.2, 0.25) is 5.91 Å². The molecular weight excluding hydrogens is 320 g/mol. The third kappa shape index (κ3) is 4.30. The maximum Gasteiger partial charge on any atom is 0.238 e. The van der Waals surface area contributed by atoms with Gasteiger partial charge in [0.1, 0.15) is 0 Å². The molecule has 5 heteroatoms. The van der Waals surface area contributed by atoms with Crippen molar-refractivity contribution in [3.05, 3.63) is 28.2 Å². The highest BCUT2D eigenvalue weighted by Crippen LogP contribution is 2.27. The Morgan fingerprint density at radius 3 is 2.80 bits per heavy atom. The zero-order chi connectivity index (χ0) is 14.7. The van der Waals surface area contributed by atoms with Crippen LogP contribution in [0.5, 0.6) is 0 Å². The summed E-state index contributed by atoms with van der Waals surface area (Å²) < 4.78 is 0.899. The van der Waals surface area contributed by atoms with E-state index in [0.29, 0.717) is 12.5 Å². The second-order valence-corrected chi connectivity index (χ2v) is 6.57. The van der Waals surface area contributed by atoms with E-state index in [1.54, 1.807) is 0 Å². The Morgan fingerprint density at radius 1 is 1.50 bits per heavy atom. The van der Waals surface area contributed by atoms with Gasteiger partial charge in [0, 0.05) is 11.0 Å². The number of carbonyl (C=O) groups excluding carboxylic acids is 1. The van der Waals surface area contributed by atoms with Gasteiger partial charge >= 0.3 is 0 Å². The molecule has 1 saturated carbocycles. The molecule has 0 atom stereocenters. The molecule has 0 radical (unpaired) electrons. The van der Waals surface area contributed by atoms with E-state index in [2.05, 4.69) is 21.2 Å². The van der Waals surface area contributed by atoms with Crippen molar-refractivity contribution in [2.45, 2.75) is 25.9 Å². The minimum atomic E-state index is -0.134. The standard InChI is InChI=1S/C15H21BrN2O2/c1-10-3-4-14(13(16)5-10)17-15(20)9-18(2)8-11-6-12(19)7-11/h3-5,11-12,19H,6-9H2,1-2H3,(H,17,20). The number of likely N-dealkylation sites (N-methyl/N-ethyl adjacent to an activating group) is 1. The zero-order valence-corrected chi connectivity index (χ0v) is 13.5. The zero-order valence-electron chi connectivity index (χ0n) is 11.9. The lowest BCUT2D eigenvalue weighted by molar-refractivity contribution is -0.117. The van der Waals surface area contributed by atoms with Gasteiger partial charge in [-0.2, -0.15) is 0 Å². The van der Waals surface area contributed by atoms with Crippen molar-refractivity contribution in [3.63, 3.8) is 0 Å². The molecule has 0 aromatic heterocycles. The first-order valence-corrected chi connectivity index (χ1v) is 7.66. The van der Waals surface area contributed by atoms with Gasteiger partial charge in [0.15, 0.2) is 0 Å². The molecule has 1 aliphatic rings. The van der Waals surface area contributed by atoms with Gasteiger partial charge in [0.25, 0.3) is 0 Å².